The molecule has 2 aliphatic rings. The molecule has 3 N–H and O–H groups in total. The molecule has 0 radical (unpaired) electrons. The summed E-state index contributed by atoms with van der Waals surface area (Å²) in [5, 5.41) is 3.01. The maximum Gasteiger partial charge on any atom is 0.220 e. The van der Waals surface area contributed by atoms with Crippen LogP contribution in [-0.4, -0.2) is 30.7 Å². The van der Waals surface area contributed by atoms with Crippen LogP contribution in [0.4, 0.5) is 0 Å². The van der Waals surface area contributed by atoms with Crippen LogP contribution in [0.5, 0.6) is 0 Å². The number of carbonyl (C=O) groups excluding carboxylic acids is 1. The third-order valence-electron chi connectivity index (χ3n) is 3.51. The van der Waals surface area contributed by atoms with Gasteiger partial charge in [0.2, 0.25) is 5.91 Å². The molecule has 92 valence electrons. The standard InChI is InChI=1S/C12H22N2O2/c13-9-7-10(8-9)14-12(15)5-4-11-3-1-2-6-16-11/h9-11H,1-8,13H2,(H,14,15). The predicted octanol–water partition coefficient (Wildman–Crippen LogP) is 0.942. The molecule has 1 heterocycles. The highest BCUT2D eigenvalue weighted by atomic mass is 16.5. The van der Waals surface area contributed by atoms with E-state index < -0.39 is 0 Å². The van der Waals surface area contributed by atoms with E-state index in [0.717, 1.165) is 32.3 Å². The second kappa shape index (κ2) is 5.64. The first-order valence-corrected chi connectivity index (χ1v) is 6.40. The van der Waals surface area contributed by atoms with E-state index in [9.17, 15) is 4.79 Å². The minimum Gasteiger partial charge on any atom is -0.378 e. The van der Waals surface area contributed by atoms with Gasteiger partial charge < -0.3 is 15.8 Å². The highest BCUT2D eigenvalue weighted by Crippen LogP contribution is 2.19. The maximum atomic E-state index is 11.6. The number of carbonyl (C=O) groups is 1. The van der Waals surface area contributed by atoms with Crippen LogP contribution in [0.1, 0.15) is 44.9 Å². The number of rotatable bonds is 4. The summed E-state index contributed by atoms with van der Waals surface area (Å²) < 4.78 is 5.59. The molecule has 0 aromatic heterocycles. The van der Waals surface area contributed by atoms with Gasteiger partial charge in [-0.25, -0.2) is 0 Å². The Balaban J connectivity index is 1.56. The van der Waals surface area contributed by atoms with Crippen molar-refractivity contribution in [1.29, 1.82) is 0 Å². The van der Waals surface area contributed by atoms with E-state index in [1.165, 1.54) is 12.8 Å². The first-order valence-electron chi connectivity index (χ1n) is 6.40. The SMILES string of the molecule is NC1CC(NC(=O)CCC2CCCCO2)C1. The lowest BCUT2D eigenvalue weighted by molar-refractivity contribution is -0.123. The second-order valence-corrected chi connectivity index (χ2v) is 5.02. The van der Waals surface area contributed by atoms with Crippen molar-refractivity contribution in [3.8, 4) is 0 Å². The zero-order valence-corrected chi connectivity index (χ0v) is 9.78. The van der Waals surface area contributed by atoms with Crippen LogP contribution in [-0.2, 0) is 9.53 Å². The lowest BCUT2D eigenvalue weighted by Crippen LogP contribution is -2.50. The van der Waals surface area contributed by atoms with Crippen molar-refractivity contribution in [2.24, 2.45) is 5.73 Å². The van der Waals surface area contributed by atoms with Crippen molar-refractivity contribution in [1.82, 2.24) is 5.32 Å². The van der Waals surface area contributed by atoms with E-state index in [1.807, 2.05) is 0 Å². The van der Waals surface area contributed by atoms with E-state index >= 15 is 0 Å². The lowest BCUT2D eigenvalue weighted by atomic mass is 9.87. The zero-order valence-electron chi connectivity index (χ0n) is 9.78. The molecule has 1 atom stereocenters. The average Bonchev–Trinajstić information content (AvgIpc) is 2.26. The summed E-state index contributed by atoms with van der Waals surface area (Å²) in [6, 6.07) is 0.627. The minimum absolute atomic E-state index is 0.158. The van der Waals surface area contributed by atoms with E-state index in [4.69, 9.17) is 10.5 Å². The summed E-state index contributed by atoms with van der Waals surface area (Å²) in [5.41, 5.74) is 5.66. The minimum atomic E-state index is 0.158. The number of hydrogen-bond acceptors (Lipinski definition) is 3. The monoisotopic (exact) mass is 226 g/mol. The third kappa shape index (κ3) is 3.46. The van der Waals surface area contributed by atoms with Gasteiger partial charge in [0.25, 0.3) is 0 Å². The molecular weight excluding hydrogens is 204 g/mol. The summed E-state index contributed by atoms with van der Waals surface area (Å²) in [7, 11) is 0. The summed E-state index contributed by atoms with van der Waals surface area (Å²) in [6.45, 7) is 0.865. The Bertz CT molecular complexity index is 233. The average molecular weight is 226 g/mol. The molecular formula is C12H22N2O2. The summed E-state index contributed by atoms with van der Waals surface area (Å²) >= 11 is 0. The lowest BCUT2D eigenvalue weighted by Gasteiger charge is -2.33. The number of nitrogens with one attached hydrogen (secondary N) is 1. The molecule has 0 spiro atoms. The van der Waals surface area contributed by atoms with Gasteiger partial charge in [-0.2, -0.15) is 0 Å². The molecule has 1 saturated heterocycles. The van der Waals surface area contributed by atoms with Crippen molar-refractivity contribution in [3.63, 3.8) is 0 Å². The molecule has 0 aromatic rings. The van der Waals surface area contributed by atoms with Crippen LogP contribution < -0.4 is 11.1 Å². The van der Waals surface area contributed by atoms with Gasteiger partial charge in [0.15, 0.2) is 0 Å². The Morgan fingerprint density at radius 2 is 2.19 bits per heavy atom. The molecule has 4 heteroatoms. The molecule has 1 unspecified atom stereocenters. The van der Waals surface area contributed by atoms with E-state index in [1.54, 1.807) is 0 Å². The number of nitrogens with two attached hydrogens (primary N) is 1. The van der Waals surface area contributed by atoms with Gasteiger partial charge in [-0.05, 0) is 38.5 Å². The Morgan fingerprint density at radius 3 is 2.81 bits per heavy atom. The van der Waals surface area contributed by atoms with Crippen LogP contribution in [0.2, 0.25) is 0 Å². The molecule has 1 aliphatic carbocycles. The Labute approximate surface area is 96.9 Å². The third-order valence-corrected chi connectivity index (χ3v) is 3.51. The van der Waals surface area contributed by atoms with Crippen molar-refractivity contribution in [2.45, 2.75) is 63.1 Å². The fraction of sp³-hybridized carbons (Fsp3) is 0.917. The van der Waals surface area contributed by atoms with Gasteiger partial charge in [0.1, 0.15) is 0 Å². The Kier molecular flexibility index (Phi) is 4.18. The summed E-state index contributed by atoms with van der Waals surface area (Å²) in [6.07, 6.45) is 7.16. The molecule has 2 fully saturated rings. The van der Waals surface area contributed by atoms with Crippen LogP contribution >= 0.6 is 0 Å². The Morgan fingerprint density at radius 1 is 1.38 bits per heavy atom. The van der Waals surface area contributed by atoms with Crippen molar-refractivity contribution >= 4 is 5.91 Å². The number of amides is 1. The van der Waals surface area contributed by atoms with E-state index in [0.29, 0.717) is 24.6 Å². The predicted molar refractivity (Wildman–Crippen MR) is 62.0 cm³/mol. The van der Waals surface area contributed by atoms with Gasteiger partial charge in [-0.15, -0.1) is 0 Å². The fourth-order valence-electron chi connectivity index (χ4n) is 2.41. The van der Waals surface area contributed by atoms with Crippen molar-refractivity contribution in [2.75, 3.05) is 6.61 Å². The molecule has 2 rings (SSSR count). The largest absolute Gasteiger partial charge is 0.378 e. The smallest absolute Gasteiger partial charge is 0.220 e. The maximum absolute atomic E-state index is 11.6. The van der Waals surface area contributed by atoms with E-state index in [-0.39, 0.29) is 5.91 Å². The second-order valence-electron chi connectivity index (χ2n) is 5.02. The Hall–Kier alpha value is -0.610. The fourth-order valence-corrected chi connectivity index (χ4v) is 2.41. The first-order chi connectivity index (χ1) is 7.74. The highest BCUT2D eigenvalue weighted by molar-refractivity contribution is 5.76. The van der Waals surface area contributed by atoms with E-state index in [2.05, 4.69) is 5.32 Å². The van der Waals surface area contributed by atoms with Gasteiger partial charge in [0.05, 0.1) is 6.10 Å². The van der Waals surface area contributed by atoms with Gasteiger partial charge in [0, 0.05) is 25.1 Å². The van der Waals surface area contributed by atoms with Gasteiger partial charge in [-0.3, -0.25) is 4.79 Å². The van der Waals surface area contributed by atoms with Gasteiger partial charge in [-0.1, -0.05) is 0 Å². The molecule has 0 bridgehead atoms. The zero-order chi connectivity index (χ0) is 11.4. The topological polar surface area (TPSA) is 64.3 Å². The summed E-state index contributed by atoms with van der Waals surface area (Å²) in [4.78, 5) is 11.6. The highest BCUT2D eigenvalue weighted by Gasteiger charge is 2.27. The first kappa shape index (κ1) is 11.9. The van der Waals surface area contributed by atoms with Crippen LogP contribution in [0.3, 0.4) is 0 Å². The molecule has 0 aromatic carbocycles. The quantitative estimate of drug-likeness (QED) is 0.750. The summed E-state index contributed by atoms with van der Waals surface area (Å²) in [5.74, 6) is 0.158. The van der Waals surface area contributed by atoms with Crippen LogP contribution in [0.25, 0.3) is 0 Å². The van der Waals surface area contributed by atoms with Gasteiger partial charge >= 0.3 is 0 Å². The molecule has 16 heavy (non-hydrogen) atoms. The molecule has 1 saturated carbocycles. The van der Waals surface area contributed by atoms with Crippen LogP contribution in [0, 0.1) is 0 Å². The van der Waals surface area contributed by atoms with Crippen molar-refractivity contribution in [3.05, 3.63) is 0 Å². The normalized spacial score (nSPS) is 34.2. The number of ether oxygens (including phenoxy) is 1. The van der Waals surface area contributed by atoms with Crippen LogP contribution in [0.15, 0.2) is 0 Å². The molecule has 4 nitrogen and oxygen atoms in total. The van der Waals surface area contributed by atoms with Crippen molar-refractivity contribution < 1.29 is 9.53 Å². The molecule has 1 aliphatic heterocycles. The number of hydrogen-bond donors (Lipinski definition) is 2. The molecule has 1 amide bonds.